The third-order valence-electron chi connectivity index (χ3n) is 3.45. The number of nitrogens with one attached hydrogen (secondary N) is 2. The number of thiophene rings is 1. The normalized spacial score (nSPS) is 24.4. The Hall–Kier alpha value is 0.1000. The third kappa shape index (κ3) is 3.78. The van der Waals surface area contributed by atoms with Crippen molar-refractivity contribution in [2.75, 3.05) is 13.1 Å². The van der Waals surface area contributed by atoms with Crippen molar-refractivity contribution >= 4 is 27.3 Å². The van der Waals surface area contributed by atoms with Gasteiger partial charge in [0.05, 0.1) is 0 Å². The second-order valence-corrected chi connectivity index (χ2v) is 6.81. The summed E-state index contributed by atoms with van der Waals surface area (Å²) in [6.07, 6.45) is 5.20. The molecule has 1 aliphatic heterocycles. The monoisotopic (exact) mass is 316 g/mol. The van der Waals surface area contributed by atoms with E-state index in [1.807, 2.05) is 11.3 Å². The molecule has 0 amide bonds. The molecule has 4 heteroatoms. The molecule has 2 rings (SSSR count). The first-order valence-electron chi connectivity index (χ1n) is 6.43. The molecule has 0 aliphatic carbocycles. The lowest BCUT2D eigenvalue weighted by Crippen LogP contribution is -2.48. The number of rotatable bonds is 6. The van der Waals surface area contributed by atoms with E-state index in [0.29, 0.717) is 5.54 Å². The Bertz CT molecular complexity index is 345. The minimum absolute atomic E-state index is 0.364. The van der Waals surface area contributed by atoms with Crippen LogP contribution in [-0.4, -0.2) is 18.6 Å². The summed E-state index contributed by atoms with van der Waals surface area (Å²) in [7, 11) is 0. The molecular weight excluding hydrogens is 296 g/mol. The van der Waals surface area contributed by atoms with E-state index in [4.69, 9.17) is 0 Å². The molecule has 96 valence electrons. The standard InChI is InChI=1S/C13H21BrN2S/c1-2-4-13(5-3-6-16-13)10-15-8-12-7-11(14)9-17-12/h7,9,15-16H,2-6,8,10H2,1H3. The molecule has 0 spiro atoms. The lowest BCUT2D eigenvalue weighted by atomic mass is 9.92. The molecule has 1 saturated heterocycles. The van der Waals surface area contributed by atoms with E-state index in [9.17, 15) is 0 Å². The summed E-state index contributed by atoms with van der Waals surface area (Å²) in [6.45, 7) is 5.55. The van der Waals surface area contributed by atoms with E-state index in [0.717, 1.165) is 13.1 Å². The van der Waals surface area contributed by atoms with Gasteiger partial charge in [0.15, 0.2) is 0 Å². The third-order valence-corrected chi connectivity index (χ3v) is 5.14. The molecule has 1 aromatic heterocycles. The van der Waals surface area contributed by atoms with E-state index >= 15 is 0 Å². The van der Waals surface area contributed by atoms with Crippen LogP contribution >= 0.6 is 27.3 Å². The molecule has 1 fully saturated rings. The van der Waals surface area contributed by atoms with Crippen molar-refractivity contribution in [3.63, 3.8) is 0 Å². The average Bonchev–Trinajstić information content (AvgIpc) is 2.90. The van der Waals surface area contributed by atoms with Gasteiger partial charge in [-0.1, -0.05) is 13.3 Å². The van der Waals surface area contributed by atoms with Crippen LogP contribution in [-0.2, 0) is 6.54 Å². The van der Waals surface area contributed by atoms with Gasteiger partial charge in [0, 0.05) is 33.4 Å². The van der Waals surface area contributed by atoms with Crippen molar-refractivity contribution in [1.29, 1.82) is 0 Å². The average molecular weight is 317 g/mol. The summed E-state index contributed by atoms with van der Waals surface area (Å²) in [5, 5.41) is 9.45. The Morgan fingerprint density at radius 3 is 3.06 bits per heavy atom. The molecule has 0 aromatic carbocycles. The predicted octanol–water partition coefficient (Wildman–Crippen LogP) is 3.52. The zero-order valence-electron chi connectivity index (χ0n) is 10.4. The van der Waals surface area contributed by atoms with Crippen LogP contribution in [0.3, 0.4) is 0 Å². The van der Waals surface area contributed by atoms with Crippen LogP contribution in [0.15, 0.2) is 15.9 Å². The molecule has 2 heterocycles. The summed E-state index contributed by atoms with van der Waals surface area (Å²) in [6, 6.07) is 2.20. The van der Waals surface area contributed by atoms with Gasteiger partial charge < -0.3 is 10.6 Å². The summed E-state index contributed by atoms with van der Waals surface area (Å²) < 4.78 is 1.20. The van der Waals surface area contributed by atoms with Crippen molar-refractivity contribution in [2.45, 2.75) is 44.7 Å². The zero-order valence-corrected chi connectivity index (χ0v) is 12.8. The van der Waals surface area contributed by atoms with Crippen LogP contribution in [0.25, 0.3) is 0 Å². The van der Waals surface area contributed by atoms with Crippen molar-refractivity contribution in [1.82, 2.24) is 10.6 Å². The van der Waals surface area contributed by atoms with Gasteiger partial charge in [-0.05, 0) is 47.8 Å². The van der Waals surface area contributed by atoms with Gasteiger partial charge in [-0.15, -0.1) is 11.3 Å². The second-order valence-electron chi connectivity index (χ2n) is 4.90. The van der Waals surface area contributed by atoms with Crippen LogP contribution in [0, 0.1) is 0 Å². The maximum Gasteiger partial charge on any atom is 0.0306 e. The Balaban J connectivity index is 1.79. The molecule has 1 atom stereocenters. The second kappa shape index (κ2) is 6.32. The Labute approximate surface area is 116 Å². The molecule has 0 bridgehead atoms. The quantitative estimate of drug-likeness (QED) is 0.839. The van der Waals surface area contributed by atoms with Crippen molar-refractivity contribution in [3.05, 3.63) is 20.8 Å². The van der Waals surface area contributed by atoms with E-state index in [1.165, 1.54) is 41.6 Å². The lowest BCUT2D eigenvalue weighted by molar-refractivity contribution is 0.325. The molecule has 1 unspecified atom stereocenters. The van der Waals surface area contributed by atoms with Gasteiger partial charge >= 0.3 is 0 Å². The van der Waals surface area contributed by atoms with E-state index in [2.05, 4.69) is 44.9 Å². The molecule has 0 radical (unpaired) electrons. The van der Waals surface area contributed by atoms with Crippen molar-refractivity contribution in [2.24, 2.45) is 0 Å². The minimum Gasteiger partial charge on any atom is -0.310 e. The molecule has 17 heavy (non-hydrogen) atoms. The highest BCUT2D eigenvalue weighted by molar-refractivity contribution is 9.10. The van der Waals surface area contributed by atoms with Crippen LogP contribution in [0.4, 0.5) is 0 Å². The molecule has 1 aliphatic rings. The SMILES string of the molecule is CCCC1(CNCc2cc(Br)cs2)CCCN1. The highest BCUT2D eigenvalue weighted by Gasteiger charge is 2.31. The highest BCUT2D eigenvalue weighted by Crippen LogP contribution is 2.24. The first-order valence-corrected chi connectivity index (χ1v) is 8.10. The Kier molecular flexibility index (Phi) is 5.03. The summed E-state index contributed by atoms with van der Waals surface area (Å²) in [4.78, 5) is 1.40. The fourth-order valence-corrected chi connectivity index (χ4v) is 4.09. The fraction of sp³-hybridized carbons (Fsp3) is 0.692. The molecule has 0 saturated carbocycles. The Morgan fingerprint density at radius 1 is 1.59 bits per heavy atom. The smallest absolute Gasteiger partial charge is 0.0306 e. The fourth-order valence-electron chi connectivity index (χ4n) is 2.67. The van der Waals surface area contributed by atoms with E-state index < -0.39 is 0 Å². The largest absolute Gasteiger partial charge is 0.310 e. The summed E-state index contributed by atoms with van der Waals surface area (Å²) >= 11 is 5.31. The molecule has 1 aromatic rings. The van der Waals surface area contributed by atoms with Crippen molar-refractivity contribution < 1.29 is 0 Å². The van der Waals surface area contributed by atoms with E-state index in [1.54, 1.807) is 0 Å². The summed E-state index contributed by atoms with van der Waals surface area (Å²) in [5.74, 6) is 0. The predicted molar refractivity (Wildman–Crippen MR) is 78.6 cm³/mol. The van der Waals surface area contributed by atoms with Gasteiger partial charge in [-0.25, -0.2) is 0 Å². The Morgan fingerprint density at radius 2 is 2.47 bits per heavy atom. The van der Waals surface area contributed by atoms with Crippen LogP contribution in [0.2, 0.25) is 0 Å². The van der Waals surface area contributed by atoms with Crippen LogP contribution in [0.5, 0.6) is 0 Å². The maximum atomic E-state index is 3.69. The number of hydrogen-bond donors (Lipinski definition) is 2. The molecular formula is C13H21BrN2S. The first-order chi connectivity index (χ1) is 8.24. The van der Waals surface area contributed by atoms with E-state index in [-0.39, 0.29) is 0 Å². The number of hydrogen-bond acceptors (Lipinski definition) is 3. The highest BCUT2D eigenvalue weighted by atomic mass is 79.9. The van der Waals surface area contributed by atoms with Gasteiger partial charge in [0.2, 0.25) is 0 Å². The number of halogens is 1. The van der Waals surface area contributed by atoms with Crippen molar-refractivity contribution in [3.8, 4) is 0 Å². The van der Waals surface area contributed by atoms with Gasteiger partial charge in [-0.3, -0.25) is 0 Å². The van der Waals surface area contributed by atoms with Crippen LogP contribution in [0.1, 0.15) is 37.5 Å². The zero-order chi connectivity index (χ0) is 12.1. The van der Waals surface area contributed by atoms with Gasteiger partial charge in [0.25, 0.3) is 0 Å². The minimum atomic E-state index is 0.364. The molecule has 2 N–H and O–H groups in total. The lowest BCUT2D eigenvalue weighted by Gasteiger charge is -2.29. The van der Waals surface area contributed by atoms with Gasteiger partial charge in [0.1, 0.15) is 0 Å². The van der Waals surface area contributed by atoms with Crippen LogP contribution < -0.4 is 10.6 Å². The topological polar surface area (TPSA) is 24.1 Å². The van der Waals surface area contributed by atoms with Gasteiger partial charge in [-0.2, -0.15) is 0 Å². The first kappa shape index (κ1) is 13.5. The summed E-state index contributed by atoms with van der Waals surface area (Å²) in [5.41, 5.74) is 0.364. The maximum absolute atomic E-state index is 3.69. The molecule has 2 nitrogen and oxygen atoms in total.